The lowest BCUT2D eigenvalue weighted by molar-refractivity contribution is 0.0445. The van der Waals surface area contributed by atoms with E-state index in [-0.39, 0.29) is 19.3 Å². The molecule has 1 aliphatic carbocycles. The molecule has 0 bridgehead atoms. The summed E-state index contributed by atoms with van der Waals surface area (Å²) in [5, 5.41) is 8.94. The Morgan fingerprint density at radius 3 is 3.00 bits per heavy atom. The van der Waals surface area contributed by atoms with Gasteiger partial charge < -0.3 is 14.6 Å². The van der Waals surface area contributed by atoms with Gasteiger partial charge in [0.15, 0.2) is 12.6 Å². The van der Waals surface area contributed by atoms with E-state index >= 15 is 0 Å². The molecule has 1 unspecified atom stereocenters. The summed E-state index contributed by atoms with van der Waals surface area (Å²) in [5.41, 5.74) is 1.00. The summed E-state index contributed by atoms with van der Waals surface area (Å²) in [7, 11) is 1.46. The van der Waals surface area contributed by atoms with Gasteiger partial charge in [-0.05, 0) is 37.2 Å². The molecule has 1 heterocycles. The van der Waals surface area contributed by atoms with Gasteiger partial charge in [0, 0.05) is 13.7 Å². The fourth-order valence-corrected chi connectivity index (χ4v) is 2.26. The molecule has 1 atom stereocenters. The van der Waals surface area contributed by atoms with Gasteiger partial charge in [0.05, 0.1) is 6.20 Å². The molecule has 0 radical (unpaired) electrons. The predicted octanol–water partition coefficient (Wildman–Crippen LogP) is 2.16. The van der Waals surface area contributed by atoms with Crippen LogP contribution in [-0.2, 0) is 4.74 Å². The highest BCUT2D eigenvalue weighted by molar-refractivity contribution is 5.60. The normalized spacial score (nSPS) is 18.8. The number of halogens is 1. The molecule has 20 heavy (non-hydrogen) atoms. The van der Waals surface area contributed by atoms with Crippen molar-refractivity contribution >= 4 is 5.57 Å². The van der Waals surface area contributed by atoms with Crippen LogP contribution in [0.3, 0.4) is 0 Å². The van der Waals surface area contributed by atoms with Crippen molar-refractivity contribution in [3.05, 3.63) is 23.9 Å². The molecule has 0 saturated carbocycles. The topological polar surface area (TPSA) is 64.5 Å². The summed E-state index contributed by atoms with van der Waals surface area (Å²) in [6, 6.07) is 0. The van der Waals surface area contributed by atoms with Crippen LogP contribution in [0.4, 0.5) is 4.39 Å². The fourth-order valence-electron chi connectivity index (χ4n) is 2.26. The van der Waals surface area contributed by atoms with Gasteiger partial charge in [0.2, 0.25) is 5.82 Å². The molecular formula is C14H19FN2O3. The minimum atomic E-state index is -0.597. The number of allylic oxidation sites excluding steroid dienone is 2. The van der Waals surface area contributed by atoms with E-state index in [2.05, 4.69) is 16.0 Å². The van der Waals surface area contributed by atoms with Gasteiger partial charge in [-0.2, -0.15) is 9.37 Å². The molecule has 6 heteroatoms. The Balaban J connectivity index is 2.09. The minimum absolute atomic E-state index is 0.0506. The van der Waals surface area contributed by atoms with E-state index in [1.807, 2.05) is 0 Å². The van der Waals surface area contributed by atoms with Gasteiger partial charge in [0.25, 0.3) is 5.88 Å². The van der Waals surface area contributed by atoms with E-state index in [0.717, 1.165) is 37.5 Å². The molecule has 0 saturated heterocycles. The number of aliphatic hydroxyl groups is 1. The predicted molar refractivity (Wildman–Crippen MR) is 71.5 cm³/mol. The van der Waals surface area contributed by atoms with Crippen molar-refractivity contribution in [3.8, 4) is 5.88 Å². The zero-order chi connectivity index (χ0) is 14.4. The quantitative estimate of drug-likeness (QED) is 0.810. The van der Waals surface area contributed by atoms with Crippen molar-refractivity contribution in [2.45, 2.75) is 25.7 Å². The first-order chi connectivity index (χ1) is 9.74. The van der Waals surface area contributed by atoms with Gasteiger partial charge in [0.1, 0.15) is 0 Å². The largest absolute Gasteiger partial charge is 0.448 e. The van der Waals surface area contributed by atoms with E-state index in [1.54, 1.807) is 0 Å². The number of methoxy groups -OCH3 is 1. The number of aliphatic hydroxyl groups excluding tert-OH is 1. The summed E-state index contributed by atoms with van der Waals surface area (Å²) in [6.07, 6.45) is 6.72. The van der Waals surface area contributed by atoms with Crippen LogP contribution < -0.4 is 4.74 Å². The van der Waals surface area contributed by atoms with Crippen LogP contribution in [0.2, 0.25) is 0 Å². The standard InChI is InChI=1S/C14H19FN2O3/c1-19-9-20-14-12(15)8-16-13(17-14)11-4-2-10(3-5-11)6-7-18/h4,8,10,18H,2-3,5-7,9H2,1H3. The number of aromatic nitrogens is 2. The summed E-state index contributed by atoms with van der Waals surface area (Å²) >= 11 is 0. The van der Waals surface area contributed by atoms with Crippen LogP contribution >= 0.6 is 0 Å². The van der Waals surface area contributed by atoms with E-state index < -0.39 is 5.82 Å². The second kappa shape index (κ2) is 7.31. The third kappa shape index (κ3) is 3.74. The summed E-state index contributed by atoms with van der Waals surface area (Å²) in [6.45, 7) is 0.168. The van der Waals surface area contributed by atoms with Gasteiger partial charge in [-0.25, -0.2) is 4.98 Å². The second-order valence-corrected chi connectivity index (χ2v) is 4.78. The number of nitrogens with zero attached hydrogens (tertiary/aromatic N) is 2. The maximum absolute atomic E-state index is 13.5. The van der Waals surface area contributed by atoms with E-state index in [0.29, 0.717) is 11.7 Å². The lowest BCUT2D eigenvalue weighted by Gasteiger charge is -2.20. The van der Waals surface area contributed by atoms with Crippen molar-refractivity contribution in [1.82, 2.24) is 9.97 Å². The molecule has 0 aromatic carbocycles. The molecule has 1 aromatic heterocycles. The van der Waals surface area contributed by atoms with Crippen LogP contribution in [0.15, 0.2) is 12.3 Å². The third-order valence-electron chi connectivity index (χ3n) is 3.37. The first-order valence-electron chi connectivity index (χ1n) is 6.69. The molecule has 5 nitrogen and oxygen atoms in total. The van der Waals surface area contributed by atoms with E-state index in [9.17, 15) is 4.39 Å². The van der Waals surface area contributed by atoms with Crippen LogP contribution in [0.25, 0.3) is 5.57 Å². The molecule has 0 fully saturated rings. The summed E-state index contributed by atoms with van der Waals surface area (Å²) in [5.74, 6) is 0.323. The zero-order valence-corrected chi connectivity index (χ0v) is 11.5. The van der Waals surface area contributed by atoms with Crippen molar-refractivity contribution in [3.63, 3.8) is 0 Å². The molecule has 1 aliphatic rings. The first kappa shape index (κ1) is 14.9. The second-order valence-electron chi connectivity index (χ2n) is 4.78. The Labute approximate surface area is 117 Å². The monoisotopic (exact) mass is 282 g/mol. The van der Waals surface area contributed by atoms with Gasteiger partial charge in [-0.1, -0.05) is 6.08 Å². The van der Waals surface area contributed by atoms with E-state index in [4.69, 9.17) is 14.6 Å². The highest BCUT2D eigenvalue weighted by Crippen LogP contribution is 2.30. The lowest BCUT2D eigenvalue weighted by atomic mass is 9.87. The Morgan fingerprint density at radius 2 is 2.35 bits per heavy atom. The lowest BCUT2D eigenvalue weighted by Crippen LogP contribution is -2.10. The maximum Gasteiger partial charge on any atom is 0.256 e. The van der Waals surface area contributed by atoms with Gasteiger partial charge in [-0.15, -0.1) is 0 Å². The Hall–Kier alpha value is -1.53. The molecule has 1 aromatic rings. The van der Waals surface area contributed by atoms with Crippen LogP contribution in [0, 0.1) is 11.7 Å². The number of hydrogen-bond donors (Lipinski definition) is 1. The molecular weight excluding hydrogens is 263 g/mol. The highest BCUT2D eigenvalue weighted by Gasteiger charge is 2.18. The smallest absolute Gasteiger partial charge is 0.256 e. The average molecular weight is 282 g/mol. The summed E-state index contributed by atoms with van der Waals surface area (Å²) in [4.78, 5) is 8.12. The zero-order valence-electron chi connectivity index (χ0n) is 11.5. The SMILES string of the molecule is COCOc1nc(C2=CCC(CCO)CC2)ncc1F. The van der Waals surface area contributed by atoms with Crippen LogP contribution in [0.1, 0.15) is 31.5 Å². The Bertz CT molecular complexity index is 479. The molecule has 0 amide bonds. The Morgan fingerprint density at radius 1 is 1.50 bits per heavy atom. The molecule has 0 spiro atoms. The van der Waals surface area contributed by atoms with Crippen molar-refractivity contribution in [2.75, 3.05) is 20.5 Å². The molecule has 110 valence electrons. The number of ether oxygens (including phenoxy) is 2. The molecule has 2 rings (SSSR count). The number of hydrogen-bond acceptors (Lipinski definition) is 5. The first-order valence-corrected chi connectivity index (χ1v) is 6.69. The minimum Gasteiger partial charge on any atom is -0.448 e. The molecule has 1 N–H and O–H groups in total. The number of rotatable bonds is 6. The molecule has 0 aliphatic heterocycles. The summed E-state index contributed by atoms with van der Waals surface area (Å²) < 4.78 is 23.3. The van der Waals surface area contributed by atoms with Crippen molar-refractivity contribution in [2.24, 2.45) is 5.92 Å². The van der Waals surface area contributed by atoms with E-state index in [1.165, 1.54) is 7.11 Å². The van der Waals surface area contributed by atoms with Crippen molar-refractivity contribution < 1.29 is 19.0 Å². The highest BCUT2D eigenvalue weighted by atomic mass is 19.1. The van der Waals surface area contributed by atoms with Crippen molar-refractivity contribution in [1.29, 1.82) is 0 Å². The third-order valence-corrected chi connectivity index (χ3v) is 3.37. The van der Waals surface area contributed by atoms with Crippen LogP contribution in [0.5, 0.6) is 5.88 Å². The fraction of sp³-hybridized carbons (Fsp3) is 0.571. The van der Waals surface area contributed by atoms with Gasteiger partial charge >= 0.3 is 0 Å². The average Bonchev–Trinajstić information content (AvgIpc) is 2.48. The Kier molecular flexibility index (Phi) is 5.43. The maximum atomic E-state index is 13.5. The van der Waals surface area contributed by atoms with Gasteiger partial charge in [-0.3, -0.25) is 0 Å². The van der Waals surface area contributed by atoms with Crippen LogP contribution in [-0.4, -0.2) is 35.6 Å².